The van der Waals surface area contributed by atoms with Gasteiger partial charge in [0.25, 0.3) is 0 Å². The first-order valence-electron chi connectivity index (χ1n) is 8.83. The van der Waals surface area contributed by atoms with Crippen molar-refractivity contribution in [1.29, 1.82) is 5.26 Å². The fourth-order valence-corrected chi connectivity index (χ4v) is 4.22. The number of nitrogens with zero attached hydrogens (tertiary/aromatic N) is 2. The molecule has 0 saturated carbocycles. The molecule has 4 rings (SSSR count). The van der Waals surface area contributed by atoms with Gasteiger partial charge < -0.3 is 8.60 Å². The monoisotopic (exact) mass is 514 g/mol. The predicted molar refractivity (Wildman–Crippen MR) is 121 cm³/mol. The number of para-hydroxylation sites is 2. The smallest absolute Gasteiger partial charge is 0.339 e. The molecular weight excluding hydrogens is 504 g/mol. The van der Waals surface area contributed by atoms with E-state index < -0.39 is 10.1 Å². The number of fused-ring (bicyclic) bond motifs is 1. The number of benzene rings is 3. The maximum Gasteiger partial charge on any atom is 0.339 e. The SMILES string of the molecule is N#C/C(=C\c1cc(Br)ccc1OS(=O)(=O)c1ccc(Cl)cc1)c1nc2ccccc2o1. The van der Waals surface area contributed by atoms with E-state index in [4.69, 9.17) is 20.2 Å². The van der Waals surface area contributed by atoms with Crippen LogP contribution in [0.25, 0.3) is 22.7 Å². The first-order valence-corrected chi connectivity index (χ1v) is 11.4. The van der Waals surface area contributed by atoms with E-state index in [-0.39, 0.29) is 22.1 Å². The maximum absolute atomic E-state index is 12.7. The Morgan fingerprint density at radius 3 is 2.58 bits per heavy atom. The van der Waals surface area contributed by atoms with Crippen LogP contribution in [-0.2, 0) is 10.1 Å². The lowest BCUT2D eigenvalue weighted by atomic mass is 10.1. The van der Waals surface area contributed by atoms with Crippen LogP contribution >= 0.6 is 27.5 Å². The van der Waals surface area contributed by atoms with Crippen molar-refractivity contribution in [3.8, 4) is 11.8 Å². The van der Waals surface area contributed by atoms with Crippen molar-refractivity contribution in [3.05, 3.63) is 87.7 Å². The van der Waals surface area contributed by atoms with E-state index in [1.807, 2.05) is 12.1 Å². The van der Waals surface area contributed by atoms with Crippen LogP contribution in [0.2, 0.25) is 5.02 Å². The number of allylic oxidation sites excluding steroid dienone is 1. The minimum Gasteiger partial charge on any atom is -0.435 e. The van der Waals surface area contributed by atoms with Crippen LogP contribution in [0, 0.1) is 11.3 Å². The van der Waals surface area contributed by atoms with E-state index in [1.54, 1.807) is 30.3 Å². The summed E-state index contributed by atoms with van der Waals surface area (Å²) in [6, 6.07) is 19.5. The third-order valence-electron chi connectivity index (χ3n) is 4.22. The van der Waals surface area contributed by atoms with E-state index >= 15 is 0 Å². The minimum absolute atomic E-state index is 0.0435. The second-order valence-electron chi connectivity index (χ2n) is 6.33. The van der Waals surface area contributed by atoms with E-state index in [1.165, 1.54) is 36.4 Å². The Morgan fingerprint density at radius 2 is 1.87 bits per heavy atom. The van der Waals surface area contributed by atoms with Gasteiger partial charge in [0.05, 0.1) is 0 Å². The van der Waals surface area contributed by atoms with Gasteiger partial charge in [0.1, 0.15) is 27.8 Å². The van der Waals surface area contributed by atoms with Crippen LogP contribution in [0.1, 0.15) is 11.5 Å². The molecule has 9 heteroatoms. The molecule has 0 amide bonds. The molecule has 0 N–H and O–H groups in total. The fraction of sp³-hybridized carbons (Fsp3) is 0. The molecule has 0 saturated heterocycles. The predicted octanol–water partition coefficient (Wildman–Crippen LogP) is 6.08. The van der Waals surface area contributed by atoms with Crippen molar-refractivity contribution in [2.45, 2.75) is 4.90 Å². The Labute approximate surface area is 191 Å². The Hall–Kier alpha value is -3.12. The average Bonchev–Trinajstić information content (AvgIpc) is 3.18. The average molecular weight is 516 g/mol. The molecule has 0 spiro atoms. The summed E-state index contributed by atoms with van der Waals surface area (Å²) < 4.78 is 37.1. The summed E-state index contributed by atoms with van der Waals surface area (Å²) in [7, 11) is -4.12. The zero-order valence-electron chi connectivity index (χ0n) is 15.6. The summed E-state index contributed by atoms with van der Waals surface area (Å²) in [4.78, 5) is 4.27. The van der Waals surface area contributed by atoms with Gasteiger partial charge in [-0.25, -0.2) is 4.98 Å². The quantitative estimate of drug-likeness (QED) is 0.236. The number of rotatable bonds is 5. The second-order valence-corrected chi connectivity index (χ2v) is 9.23. The molecule has 0 aliphatic rings. The molecule has 4 aromatic rings. The van der Waals surface area contributed by atoms with Crippen molar-refractivity contribution in [3.63, 3.8) is 0 Å². The number of aromatic nitrogens is 1. The number of hydrogen-bond acceptors (Lipinski definition) is 6. The highest BCUT2D eigenvalue weighted by Crippen LogP contribution is 2.31. The Bertz CT molecular complexity index is 1420. The summed E-state index contributed by atoms with van der Waals surface area (Å²) in [5.41, 5.74) is 1.61. The minimum atomic E-state index is -4.12. The highest BCUT2D eigenvalue weighted by Gasteiger charge is 2.19. The van der Waals surface area contributed by atoms with Crippen LogP contribution in [-0.4, -0.2) is 13.4 Å². The lowest BCUT2D eigenvalue weighted by Gasteiger charge is -2.10. The van der Waals surface area contributed by atoms with Gasteiger partial charge in [0.15, 0.2) is 5.58 Å². The summed E-state index contributed by atoms with van der Waals surface area (Å²) in [5.74, 6) is 0.164. The fourth-order valence-electron chi connectivity index (χ4n) is 2.76. The van der Waals surface area contributed by atoms with Gasteiger partial charge >= 0.3 is 10.1 Å². The zero-order chi connectivity index (χ0) is 22.0. The van der Waals surface area contributed by atoms with Crippen LogP contribution < -0.4 is 4.18 Å². The third kappa shape index (κ3) is 4.64. The first kappa shape index (κ1) is 21.1. The van der Waals surface area contributed by atoms with Gasteiger partial charge in [0, 0.05) is 15.1 Å². The Balaban J connectivity index is 1.75. The zero-order valence-corrected chi connectivity index (χ0v) is 18.8. The van der Waals surface area contributed by atoms with Crippen molar-refractivity contribution < 1.29 is 17.0 Å². The largest absolute Gasteiger partial charge is 0.435 e. The molecule has 1 aromatic heterocycles. The summed E-state index contributed by atoms with van der Waals surface area (Å²) in [6.07, 6.45) is 1.46. The molecular formula is C22H12BrClN2O4S. The topological polar surface area (TPSA) is 93.2 Å². The van der Waals surface area contributed by atoms with Crippen molar-refractivity contribution in [1.82, 2.24) is 4.98 Å². The van der Waals surface area contributed by atoms with Crippen molar-refractivity contribution >= 4 is 60.4 Å². The second kappa shape index (κ2) is 8.55. The van der Waals surface area contributed by atoms with E-state index in [0.717, 1.165) is 0 Å². The van der Waals surface area contributed by atoms with Crippen LogP contribution in [0.3, 0.4) is 0 Å². The number of halogens is 2. The number of hydrogen-bond donors (Lipinski definition) is 0. The highest BCUT2D eigenvalue weighted by atomic mass is 79.9. The van der Waals surface area contributed by atoms with Gasteiger partial charge in [-0.2, -0.15) is 13.7 Å². The van der Waals surface area contributed by atoms with Gasteiger partial charge in [-0.05, 0) is 60.7 Å². The summed E-state index contributed by atoms with van der Waals surface area (Å²) in [6.45, 7) is 0. The summed E-state index contributed by atoms with van der Waals surface area (Å²) in [5, 5.41) is 10.1. The van der Waals surface area contributed by atoms with Crippen LogP contribution in [0.4, 0.5) is 0 Å². The molecule has 1 heterocycles. The molecule has 0 atom stereocenters. The number of nitriles is 1. The molecule has 0 unspecified atom stereocenters. The Kier molecular flexibility index (Phi) is 5.83. The standard InChI is InChI=1S/C22H12BrClN2O4S/c23-16-5-10-20(30-31(27,28)18-8-6-17(24)7-9-18)14(12-16)11-15(13-25)22-26-19-3-1-2-4-21(19)29-22/h1-12H/b15-11+. The molecule has 154 valence electrons. The van der Waals surface area contributed by atoms with Gasteiger partial charge in [-0.1, -0.05) is 39.7 Å². The molecule has 0 bridgehead atoms. The van der Waals surface area contributed by atoms with E-state index in [0.29, 0.717) is 26.2 Å². The molecule has 0 aliphatic carbocycles. The van der Waals surface area contributed by atoms with Crippen LogP contribution in [0.5, 0.6) is 5.75 Å². The number of oxazole rings is 1. The van der Waals surface area contributed by atoms with Crippen LogP contribution in [0.15, 0.2) is 80.5 Å². The lowest BCUT2D eigenvalue weighted by molar-refractivity contribution is 0.485. The highest BCUT2D eigenvalue weighted by molar-refractivity contribution is 9.10. The van der Waals surface area contributed by atoms with Crippen molar-refractivity contribution in [2.24, 2.45) is 0 Å². The molecule has 0 aliphatic heterocycles. The van der Waals surface area contributed by atoms with Crippen molar-refractivity contribution in [2.75, 3.05) is 0 Å². The van der Waals surface area contributed by atoms with Gasteiger partial charge in [-0.3, -0.25) is 0 Å². The molecule has 0 fully saturated rings. The van der Waals surface area contributed by atoms with Gasteiger partial charge in [-0.15, -0.1) is 0 Å². The first-order chi connectivity index (χ1) is 14.9. The maximum atomic E-state index is 12.7. The molecule has 3 aromatic carbocycles. The molecule has 6 nitrogen and oxygen atoms in total. The summed E-state index contributed by atoms with van der Waals surface area (Å²) >= 11 is 9.19. The van der Waals surface area contributed by atoms with E-state index in [9.17, 15) is 13.7 Å². The third-order valence-corrected chi connectivity index (χ3v) is 6.21. The normalized spacial score (nSPS) is 12.0. The Morgan fingerprint density at radius 1 is 1.13 bits per heavy atom. The molecule has 31 heavy (non-hydrogen) atoms. The molecule has 0 radical (unpaired) electrons. The van der Waals surface area contributed by atoms with Gasteiger partial charge in [0.2, 0.25) is 5.89 Å². The lowest BCUT2D eigenvalue weighted by Crippen LogP contribution is -2.10. The van der Waals surface area contributed by atoms with E-state index in [2.05, 4.69) is 20.9 Å².